The molecule has 44 heavy (non-hydrogen) atoms. The number of nitrogens with two attached hydrogens (primary N) is 1. The highest BCUT2D eigenvalue weighted by molar-refractivity contribution is 6.74. The number of carbonyl (C=O) groups is 5. The van der Waals surface area contributed by atoms with Gasteiger partial charge < -0.3 is 30.4 Å². The highest BCUT2D eigenvalue weighted by Crippen LogP contribution is 2.65. The van der Waals surface area contributed by atoms with E-state index in [4.69, 9.17) is 14.9 Å². The SMILES string of the molecule is CC(C)(CO[Si](C)(C)C(C)(C)C)OC(=O)N[C@H](C(=O)N1C[C@H]2C([C@H]1C(=O)NC(CC1CC1)C(=O)C(N)=O)C2(C)C)C(C)(C)C. The van der Waals surface area contributed by atoms with Gasteiger partial charge in [0.05, 0.1) is 12.6 Å². The van der Waals surface area contributed by atoms with Crippen molar-refractivity contribution in [3.8, 4) is 0 Å². The molecule has 1 heterocycles. The lowest BCUT2D eigenvalue weighted by molar-refractivity contribution is -0.145. The fraction of sp³-hybridized carbons (Fsp3) is 0.844. The van der Waals surface area contributed by atoms with E-state index in [0.717, 1.165) is 12.8 Å². The molecule has 0 aromatic heterocycles. The molecule has 3 fully saturated rings. The van der Waals surface area contributed by atoms with E-state index in [9.17, 15) is 24.0 Å². The molecule has 11 nitrogen and oxygen atoms in total. The topological polar surface area (TPSA) is 157 Å². The second-order valence-electron chi connectivity index (χ2n) is 17.0. The van der Waals surface area contributed by atoms with Crippen molar-refractivity contribution in [3.05, 3.63) is 0 Å². The van der Waals surface area contributed by atoms with Crippen LogP contribution in [0.3, 0.4) is 0 Å². The third kappa shape index (κ3) is 8.02. The lowest BCUT2D eigenvalue weighted by atomic mass is 9.85. The van der Waals surface area contributed by atoms with Crippen LogP contribution in [-0.4, -0.2) is 79.7 Å². The largest absolute Gasteiger partial charge is 0.441 e. The Labute approximate surface area is 264 Å². The van der Waals surface area contributed by atoms with Crippen LogP contribution >= 0.6 is 0 Å². The first kappa shape index (κ1) is 36.0. The first-order valence-corrected chi connectivity index (χ1v) is 18.8. The van der Waals surface area contributed by atoms with Gasteiger partial charge >= 0.3 is 6.09 Å². The minimum absolute atomic E-state index is 0.00598. The molecule has 0 bridgehead atoms. The minimum atomic E-state index is -2.08. The highest BCUT2D eigenvalue weighted by Gasteiger charge is 2.70. The molecule has 0 aromatic rings. The van der Waals surface area contributed by atoms with Gasteiger partial charge in [-0.05, 0) is 67.0 Å². The van der Waals surface area contributed by atoms with Crippen molar-refractivity contribution in [3.63, 3.8) is 0 Å². The number of fused-ring (bicyclic) bond motifs is 1. The first-order valence-electron chi connectivity index (χ1n) is 15.9. The van der Waals surface area contributed by atoms with Gasteiger partial charge in [-0.1, -0.05) is 68.2 Å². The molecule has 4 N–H and O–H groups in total. The molecule has 250 valence electrons. The molecule has 2 saturated carbocycles. The van der Waals surface area contributed by atoms with Crippen LogP contribution in [0.15, 0.2) is 0 Å². The van der Waals surface area contributed by atoms with Gasteiger partial charge in [0.1, 0.15) is 17.7 Å². The van der Waals surface area contributed by atoms with Gasteiger partial charge in [-0.3, -0.25) is 19.2 Å². The van der Waals surface area contributed by atoms with Gasteiger partial charge in [0.15, 0.2) is 8.32 Å². The molecular weight excluding hydrogens is 580 g/mol. The van der Waals surface area contributed by atoms with E-state index in [1.165, 1.54) is 4.90 Å². The molecule has 1 aliphatic heterocycles. The number of amides is 4. The van der Waals surface area contributed by atoms with Crippen LogP contribution in [0.25, 0.3) is 0 Å². The monoisotopic (exact) mass is 636 g/mol. The zero-order valence-corrected chi connectivity index (χ0v) is 29.9. The van der Waals surface area contributed by atoms with E-state index >= 15 is 0 Å². The summed E-state index contributed by atoms with van der Waals surface area (Å²) in [5.74, 6) is -2.56. The van der Waals surface area contributed by atoms with Crippen molar-refractivity contribution < 1.29 is 33.1 Å². The Morgan fingerprint density at radius 3 is 2.02 bits per heavy atom. The predicted octanol–water partition coefficient (Wildman–Crippen LogP) is 3.75. The number of nitrogens with one attached hydrogen (secondary N) is 2. The Bertz CT molecular complexity index is 1170. The number of hydrogen-bond donors (Lipinski definition) is 3. The lowest BCUT2D eigenvalue weighted by Crippen LogP contribution is -2.61. The Morgan fingerprint density at radius 2 is 1.55 bits per heavy atom. The molecular formula is C32H56N4O7Si. The Morgan fingerprint density at radius 1 is 0.977 bits per heavy atom. The first-order chi connectivity index (χ1) is 19.8. The standard InChI is InChI=1S/C32H56N4O7Si/c1-29(2,3)24(35-28(41)43-31(7,8)17-42-44(11,12)30(4,5)6)27(40)36-16-19-21(32(19,9)10)22(36)26(39)34-20(15-18-13-14-18)23(37)25(33)38/h18-22,24H,13-17H2,1-12H3,(H2,33,38)(H,34,39)(H,35,41)/t19-,20?,21?,22-,24+/m0/s1. The van der Waals surface area contributed by atoms with Crippen LogP contribution in [0.2, 0.25) is 18.1 Å². The maximum absolute atomic E-state index is 14.2. The Hall–Kier alpha value is -2.47. The van der Waals surface area contributed by atoms with Crippen LogP contribution in [0.5, 0.6) is 0 Å². The zero-order valence-electron chi connectivity index (χ0n) is 28.9. The quantitative estimate of drug-likeness (QED) is 0.218. The average Bonchev–Trinajstić information content (AvgIpc) is 3.70. The number of hydrogen-bond acceptors (Lipinski definition) is 7. The van der Waals surface area contributed by atoms with Crippen LogP contribution in [-0.2, 0) is 28.3 Å². The molecule has 0 radical (unpaired) electrons. The van der Waals surface area contributed by atoms with Crippen LogP contribution in [0.1, 0.15) is 88.5 Å². The van der Waals surface area contributed by atoms with Crippen molar-refractivity contribution in [2.24, 2.45) is 34.3 Å². The number of likely N-dealkylation sites (tertiary alicyclic amines) is 1. The molecule has 4 amide bonds. The molecule has 12 heteroatoms. The van der Waals surface area contributed by atoms with Crippen LogP contribution < -0.4 is 16.4 Å². The van der Waals surface area contributed by atoms with Crippen molar-refractivity contribution in [2.75, 3.05) is 13.2 Å². The summed E-state index contributed by atoms with van der Waals surface area (Å²) in [5.41, 5.74) is 3.46. The summed E-state index contributed by atoms with van der Waals surface area (Å²) in [6.45, 7) is 24.4. The predicted molar refractivity (Wildman–Crippen MR) is 170 cm³/mol. The van der Waals surface area contributed by atoms with Crippen molar-refractivity contribution in [1.82, 2.24) is 15.5 Å². The number of carbonyl (C=O) groups excluding carboxylic acids is 5. The van der Waals surface area contributed by atoms with Crippen LogP contribution in [0.4, 0.5) is 4.79 Å². The maximum Gasteiger partial charge on any atom is 0.408 e. The normalized spacial score (nSPS) is 24.5. The van der Waals surface area contributed by atoms with Gasteiger partial charge in [-0.2, -0.15) is 0 Å². The van der Waals surface area contributed by atoms with Crippen molar-refractivity contribution in [1.29, 1.82) is 0 Å². The molecule has 5 atom stereocenters. The molecule has 0 spiro atoms. The number of ether oxygens (including phenoxy) is 1. The average molecular weight is 637 g/mol. The summed E-state index contributed by atoms with van der Waals surface area (Å²) in [7, 11) is -2.08. The number of Topliss-reactive ketones (excluding diaryl/α,β-unsaturated/α-hetero) is 1. The number of primary amides is 1. The van der Waals surface area contributed by atoms with Gasteiger partial charge in [0, 0.05) is 6.54 Å². The number of nitrogens with zero attached hydrogens (tertiary/aromatic N) is 1. The fourth-order valence-electron chi connectivity index (χ4n) is 5.97. The van der Waals surface area contributed by atoms with E-state index < -0.39 is 67.1 Å². The maximum atomic E-state index is 14.2. The lowest BCUT2D eigenvalue weighted by Gasteiger charge is -2.39. The van der Waals surface area contributed by atoms with Gasteiger partial charge in [0.25, 0.3) is 5.91 Å². The second-order valence-corrected chi connectivity index (χ2v) is 21.8. The van der Waals surface area contributed by atoms with Crippen molar-refractivity contribution >= 4 is 37.9 Å². The van der Waals surface area contributed by atoms with E-state index in [1.807, 2.05) is 20.8 Å². The molecule has 2 aliphatic carbocycles. The summed E-state index contributed by atoms with van der Waals surface area (Å²) in [4.78, 5) is 67.0. The smallest absolute Gasteiger partial charge is 0.408 e. The molecule has 3 aliphatic rings. The third-order valence-electron chi connectivity index (χ3n) is 10.2. The number of ketones is 1. The summed E-state index contributed by atoms with van der Waals surface area (Å²) in [6.07, 6.45) is 1.46. The number of rotatable bonds is 12. The second kappa shape index (κ2) is 12.0. The van der Waals surface area contributed by atoms with E-state index in [1.54, 1.807) is 13.8 Å². The Kier molecular flexibility index (Phi) is 9.85. The molecule has 0 aromatic carbocycles. The third-order valence-corrected chi connectivity index (χ3v) is 14.7. The molecule has 3 rings (SSSR count). The van der Waals surface area contributed by atoms with Gasteiger partial charge in [0.2, 0.25) is 17.6 Å². The molecule has 2 unspecified atom stereocenters. The number of piperidine rings is 1. The van der Waals surface area contributed by atoms with E-state index in [0.29, 0.717) is 13.0 Å². The van der Waals surface area contributed by atoms with E-state index in [-0.39, 0.29) is 34.8 Å². The summed E-state index contributed by atoms with van der Waals surface area (Å²) < 4.78 is 12.1. The Balaban J connectivity index is 1.77. The summed E-state index contributed by atoms with van der Waals surface area (Å²) >= 11 is 0. The fourth-order valence-corrected chi connectivity index (χ4v) is 7.11. The number of alkyl carbamates (subject to hydrolysis) is 1. The summed E-state index contributed by atoms with van der Waals surface area (Å²) in [6, 6.07) is -2.85. The summed E-state index contributed by atoms with van der Waals surface area (Å²) in [5, 5.41) is 5.56. The van der Waals surface area contributed by atoms with Crippen molar-refractivity contribution in [2.45, 2.75) is 130 Å². The van der Waals surface area contributed by atoms with E-state index in [2.05, 4.69) is 58.3 Å². The van der Waals surface area contributed by atoms with Crippen LogP contribution in [0, 0.1) is 28.6 Å². The van der Waals surface area contributed by atoms with Gasteiger partial charge in [-0.25, -0.2) is 4.79 Å². The zero-order chi connectivity index (χ0) is 33.8. The molecule has 1 saturated heterocycles. The minimum Gasteiger partial charge on any atom is -0.441 e. The van der Waals surface area contributed by atoms with Gasteiger partial charge in [-0.15, -0.1) is 0 Å². The highest BCUT2D eigenvalue weighted by atomic mass is 28.4.